The fraction of sp³-hybridized carbons (Fsp3) is 0.364. The van der Waals surface area contributed by atoms with Crippen LogP contribution in [0.2, 0.25) is 0 Å². The molecule has 1 aromatic rings. The summed E-state index contributed by atoms with van der Waals surface area (Å²) in [4.78, 5) is 34.0. The molecule has 1 fully saturated rings. The zero-order valence-electron chi connectivity index (χ0n) is 9.28. The number of furan rings is 1. The highest BCUT2D eigenvalue weighted by atomic mass is 16.3. The molecule has 6 nitrogen and oxygen atoms in total. The molecule has 17 heavy (non-hydrogen) atoms. The maximum absolute atomic E-state index is 11.7. The minimum Gasteiger partial charge on any atom is -0.456 e. The molecule has 90 valence electrons. The molecule has 3 amide bonds. The standard InChI is InChI=1S/C11H12N2O4/c1-6-2-4-8(17-6)11(16)12-7-3-5-9(14)13-10(7)15/h2,4,7H,3,5H2,1H3,(H,12,16)(H,13,14,15). The van der Waals surface area contributed by atoms with Crippen LogP contribution in [0.1, 0.15) is 29.2 Å². The van der Waals surface area contributed by atoms with Crippen molar-refractivity contribution in [3.05, 3.63) is 23.7 Å². The number of nitrogens with one attached hydrogen (secondary N) is 2. The highest BCUT2D eigenvalue weighted by Gasteiger charge is 2.28. The first kappa shape index (κ1) is 11.4. The van der Waals surface area contributed by atoms with E-state index in [2.05, 4.69) is 10.6 Å². The first-order chi connectivity index (χ1) is 8.06. The van der Waals surface area contributed by atoms with Crippen LogP contribution < -0.4 is 10.6 Å². The molecule has 0 aliphatic carbocycles. The van der Waals surface area contributed by atoms with Crippen molar-refractivity contribution >= 4 is 17.7 Å². The van der Waals surface area contributed by atoms with Gasteiger partial charge in [0.05, 0.1) is 0 Å². The van der Waals surface area contributed by atoms with Crippen LogP contribution in [0, 0.1) is 6.92 Å². The van der Waals surface area contributed by atoms with E-state index >= 15 is 0 Å². The summed E-state index contributed by atoms with van der Waals surface area (Å²) < 4.78 is 5.13. The van der Waals surface area contributed by atoms with Gasteiger partial charge >= 0.3 is 0 Å². The third kappa shape index (κ3) is 2.52. The van der Waals surface area contributed by atoms with Crippen molar-refractivity contribution in [3.8, 4) is 0 Å². The van der Waals surface area contributed by atoms with E-state index in [1.807, 2.05) is 0 Å². The number of imide groups is 1. The Morgan fingerprint density at radius 2 is 2.24 bits per heavy atom. The second kappa shape index (κ2) is 4.40. The van der Waals surface area contributed by atoms with Gasteiger partial charge in [0, 0.05) is 6.42 Å². The summed E-state index contributed by atoms with van der Waals surface area (Å²) in [7, 11) is 0. The molecule has 0 saturated carbocycles. The predicted molar refractivity (Wildman–Crippen MR) is 57.1 cm³/mol. The van der Waals surface area contributed by atoms with Crippen LogP contribution in [0.4, 0.5) is 0 Å². The molecule has 2 heterocycles. The van der Waals surface area contributed by atoms with Crippen molar-refractivity contribution in [2.75, 3.05) is 0 Å². The molecule has 0 radical (unpaired) electrons. The van der Waals surface area contributed by atoms with Crippen molar-refractivity contribution in [1.82, 2.24) is 10.6 Å². The number of carbonyl (C=O) groups is 3. The number of rotatable bonds is 2. The zero-order valence-corrected chi connectivity index (χ0v) is 9.28. The minimum absolute atomic E-state index is 0.159. The van der Waals surface area contributed by atoms with E-state index in [4.69, 9.17) is 4.42 Å². The van der Waals surface area contributed by atoms with Gasteiger partial charge in [-0.15, -0.1) is 0 Å². The summed E-state index contributed by atoms with van der Waals surface area (Å²) in [5.41, 5.74) is 0. The molecule has 1 saturated heterocycles. The average molecular weight is 236 g/mol. The van der Waals surface area contributed by atoms with Crippen molar-refractivity contribution in [1.29, 1.82) is 0 Å². The summed E-state index contributed by atoms with van der Waals surface area (Å²) in [6.45, 7) is 1.72. The minimum atomic E-state index is -0.675. The lowest BCUT2D eigenvalue weighted by atomic mass is 10.1. The lowest BCUT2D eigenvalue weighted by Gasteiger charge is -2.21. The maximum atomic E-state index is 11.7. The van der Waals surface area contributed by atoms with E-state index in [9.17, 15) is 14.4 Å². The lowest BCUT2D eigenvalue weighted by molar-refractivity contribution is -0.134. The number of piperidine rings is 1. The average Bonchev–Trinajstić information content (AvgIpc) is 2.69. The Morgan fingerprint density at radius 3 is 2.82 bits per heavy atom. The molecule has 1 aliphatic heterocycles. The zero-order chi connectivity index (χ0) is 12.4. The van der Waals surface area contributed by atoms with Crippen LogP contribution in [-0.4, -0.2) is 23.8 Å². The van der Waals surface area contributed by atoms with E-state index in [1.165, 1.54) is 6.07 Å². The predicted octanol–water partition coefficient (Wildman–Crippen LogP) is 0.123. The Morgan fingerprint density at radius 1 is 1.47 bits per heavy atom. The van der Waals surface area contributed by atoms with Gasteiger partial charge in [-0.1, -0.05) is 0 Å². The Labute approximate surface area is 97.4 Å². The molecule has 1 aliphatic rings. The van der Waals surface area contributed by atoms with Crippen LogP contribution in [0.3, 0.4) is 0 Å². The highest BCUT2D eigenvalue weighted by molar-refractivity contribution is 6.03. The van der Waals surface area contributed by atoms with Crippen molar-refractivity contribution in [2.24, 2.45) is 0 Å². The van der Waals surface area contributed by atoms with Crippen LogP contribution in [-0.2, 0) is 9.59 Å². The Bertz CT molecular complexity index is 478. The van der Waals surface area contributed by atoms with E-state index in [0.717, 1.165) is 0 Å². The van der Waals surface area contributed by atoms with Gasteiger partial charge in [0.25, 0.3) is 5.91 Å². The molecule has 6 heteroatoms. The summed E-state index contributed by atoms with van der Waals surface area (Å²) in [6, 6.07) is 2.53. The van der Waals surface area contributed by atoms with E-state index in [0.29, 0.717) is 12.2 Å². The summed E-state index contributed by atoms with van der Waals surface area (Å²) in [6.07, 6.45) is 0.546. The van der Waals surface area contributed by atoms with Crippen molar-refractivity contribution in [3.63, 3.8) is 0 Å². The topological polar surface area (TPSA) is 88.4 Å². The quantitative estimate of drug-likeness (QED) is 0.714. The first-order valence-corrected chi connectivity index (χ1v) is 5.27. The summed E-state index contributed by atoms with van der Waals surface area (Å²) in [5.74, 6) is -0.453. The second-order valence-corrected chi connectivity index (χ2v) is 3.89. The Kier molecular flexibility index (Phi) is 2.95. The highest BCUT2D eigenvalue weighted by Crippen LogP contribution is 2.09. The van der Waals surface area contributed by atoms with E-state index in [-0.39, 0.29) is 18.1 Å². The molecule has 2 rings (SSSR count). The maximum Gasteiger partial charge on any atom is 0.287 e. The molecule has 0 aromatic carbocycles. The first-order valence-electron chi connectivity index (χ1n) is 5.27. The molecular weight excluding hydrogens is 224 g/mol. The molecule has 1 aromatic heterocycles. The molecule has 0 bridgehead atoms. The number of hydrogen-bond acceptors (Lipinski definition) is 4. The van der Waals surface area contributed by atoms with Crippen LogP contribution in [0.25, 0.3) is 0 Å². The Balaban J connectivity index is 1.99. The van der Waals surface area contributed by atoms with Crippen LogP contribution in [0.5, 0.6) is 0 Å². The number of hydrogen-bond donors (Lipinski definition) is 2. The van der Waals surface area contributed by atoms with Gasteiger partial charge in [-0.3, -0.25) is 19.7 Å². The van der Waals surface area contributed by atoms with Gasteiger partial charge in [-0.25, -0.2) is 0 Å². The smallest absolute Gasteiger partial charge is 0.287 e. The van der Waals surface area contributed by atoms with Crippen LogP contribution in [0.15, 0.2) is 16.5 Å². The normalized spacial score (nSPS) is 19.9. The van der Waals surface area contributed by atoms with Crippen LogP contribution >= 0.6 is 0 Å². The lowest BCUT2D eigenvalue weighted by Crippen LogP contribution is -2.52. The third-order valence-corrected chi connectivity index (χ3v) is 2.51. The number of amides is 3. The number of aryl methyl sites for hydroxylation is 1. The summed E-state index contributed by atoms with van der Waals surface area (Å²) >= 11 is 0. The van der Waals surface area contributed by atoms with Gasteiger partial charge < -0.3 is 9.73 Å². The fourth-order valence-corrected chi connectivity index (χ4v) is 1.62. The second-order valence-electron chi connectivity index (χ2n) is 3.89. The van der Waals surface area contributed by atoms with E-state index < -0.39 is 17.9 Å². The van der Waals surface area contributed by atoms with Gasteiger partial charge in [-0.05, 0) is 25.5 Å². The largest absolute Gasteiger partial charge is 0.456 e. The monoisotopic (exact) mass is 236 g/mol. The van der Waals surface area contributed by atoms with Gasteiger partial charge in [0.1, 0.15) is 11.8 Å². The SMILES string of the molecule is Cc1ccc(C(=O)NC2CCC(=O)NC2=O)o1. The molecule has 1 unspecified atom stereocenters. The third-order valence-electron chi connectivity index (χ3n) is 2.51. The summed E-state index contributed by atoms with van der Waals surface area (Å²) in [5, 5.41) is 4.69. The Hall–Kier alpha value is -2.11. The molecule has 2 N–H and O–H groups in total. The van der Waals surface area contributed by atoms with Crippen molar-refractivity contribution < 1.29 is 18.8 Å². The molecule has 1 atom stereocenters. The van der Waals surface area contributed by atoms with Gasteiger partial charge in [0.2, 0.25) is 11.8 Å². The van der Waals surface area contributed by atoms with Gasteiger partial charge in [-0.2, -0.15) is 0 Å². The van der Waals surface area contributed by atoms with E-state index in [1.54, 1.807) is 13.0 Å². The molecular formula is C11H12N2O4. The van der Waals surface area contributed by atoms with Gasteiger partial charge in [0.15, 0.2) is 5.76 Å². The fourth-order valence-electron chi connectivity index (χ4n) is 1.62. The van der Waals surface area contributed by atoms with Crippen molar-refractivity contribution in [2.45, 2.75) is 25.8 Å². The number of carbonyl (C=O) groups excluding carboxylic acids is 3. The molecule has 0 spiro atoms.